The molecule has 1 aliphatic carbocycles. The summed E-state index contributed by atoms with van der Waals surface area (Å²) in [6, 6.07) is 14.7. The smallest absolute Gasteiger partial charge is 0.0471 e. The highest BCUT2D eigenvalue weighted by molar-refractivity contribution is 5.81. The van der Waals surface area contributed by atoms with Crippen molar-refractivity contribution < 1.29 is 10.2 Å². The Labute approximate surface area is 113 Å². The molecule has 0 bridgehead atoms. The number of rotatable bonds is 4. The Morgan fingerprint density at radius 3 is 2.42 bits per heavy atom. The zero-order valence-electron chi connectivity index (χ0n) is 10.8. The second kappa shape index (κ2) is 5.16. The van der Waals surface area contributed by atoms with Crippen molar-refractivity contribution in [3.8, 4) is 11.1 Å². The van der Waals surface area contributed by atoms with Crippen LogP contribution < -0.4 is 0 Å². The third kappa shape index (κ3) is 1.97. The lowest BCUT2D eigenvalue weighted by Crippen LogP contribution is -2.00. The molecule has 2 nitrogen and oxygen atoms in total. The predicted octanol–water partition coefficient (Wildman–Crippen LogP) is 2.72. The summed E-state index contributed by atoms with van der Waals surface area (Å²) in [6.07, 6.45) is 1.44. The van der Waals surface area contributed by atoms with E-state index in [2.05, 4.69) is 42.5 Å². The maximum atomic E-state index is 9.31. The Balaban J connectivity index is 2.20. The van der Waals surface area contributed by atoms with Crippen molar-refractivity contribution in [1.29, 1.82) is 0 Å². The first kappa shape index (κ1) is 12.4. The predicted molar refractivity (Wildman–Crippen MR) is 76.2 cm³/mol. The van der Waals surface area contributed by atoms with Crippen molar-refractivity contribution in [3.05, 3.63) is 59.2 Å². The minimum atomic E-state index is 0.170. The molecule has 1 atom stereocenters. The van der Waals surface area contributed by atoms with E-state index in [-0.39, 0.29) is 19.1 Å². The van der Waals surface area contributed by atoms with Crippen molar-refractivity contribution >= 4 is 0 Å². The van der Waals surface area contributed by atoms with Crippen LogP contribution in [-0.2, 0) is 6.42 Å². The molecule has 19 heavy (non-hydrogen) atoms. The lowest BCUT2D eigenvalue weighted by molar-refractivity contribution is 0.282. The normalized spacial score (nSPS) is 16.2. The molecule has 0 amide bonds. The zero-order chi connectivity index (χ0) is 13.2. The van der Waals surface area contributed by atoms with Gasteiger partial charge in [0.2, 0.25) is 0 Å². The van der Waals surface area contributed by atoms with Crippen LogP contribution in [0, 0.1) is 0 Å². The van der Waals surface area contributed by atoms with E-state index in [4.69, 9.17) is 0 Å². The van der Waals surface area contributed by atoms with Crippen molar-refractivity contribution in [2.45, 2.75) is 18.8 Å². The van der Waals surface area contributed by atoms with Crippen LogP contribution in [0.2, 0.25) is 0 Å². The molecule has 0 heterocycles. The van der Waals surface area contributed by atoms with Gasteiger partial charge >= 0.3 is 0 Å². The van der Waals surface area contributed by atoms with Crippen LogP contribution in [0.15, 0.2) is 42.5 Å². The second-order valence-electron chi connectivity index (χ2n) is 5.01. The van der Waals surface area contributed by atoms with Crippen molar-refractivity contribution in [2.75, 3.05) is 13.2 Å². The Morgan fingerprint density at radius 1 is 0.842 bits per heavy atom. The molecule has 0 fully saturated rings. The quantitative estimate of drug-likeness (QED) is 0.880. The minimum absolute atomic E-state index is 0.170. The number of benzene rings is 2. The number of aliphatic hydroxyl groups is 2. The second-order valence-corrected chi connectivity index (χ2v) is 5.01. The molecule has 3 rings (SSSR count). The van der Waals surface area contributed by atoms with Gasteiger partial charge in [0.15, 0.2) is 0 Å². The first-order chi connectivity index (χ1) is 9.36. The van der Waals surface area contributed by atoms with Crippen LogP contribution in [0.5, 0.6) is 0 Å². The van der Waals surface area contributed by atoms with Gasteiger partial charge in [0.25, 0.3) is 0 Å². The maximum absolute atomic E-state index is 9.31. The fourth-order valence-corrected chi connectivity index (χ4v) is 3.20. The third-order valence-electron chi connectivity index (χ3n) is 3.96. The Morgan fingerprint density at radius 2 is 1.63 bits per heavy atom. The van der Waals surface area contributed by atoms with Gasteiger partial charge in [-0.05, 0) is 40.7 Å². The van der Waals surface area contributed by atoms with E-state index < -0.39 is 0 Å². The lowest BCUT2D eigenvalue weighted by atomic mass is 9.93. The van der Waals surface area contributed by atoms with Crippen LogP contribution in [0.3, 0.4) is 0 Å². The van der Waals surface area contributed by atoms with Crippen molar-refractivity contribution in [2.24, 2.45) is 0 Å². The van der Waals surface area contributed by atoms with E-state index >= 15 is 0 Å². The first-order valence-electron chi connectivity index (χ1n) is 6.79. The SMILES string of the molecule is OCCc1cccc2c1-c1ccccc1C2CCO. The van der Waals surface area contributed by atoms with Crippen LogP contribution in [-0.4, -0.2) is 23.4 Å². The molecular weight excluding hydrogens is 236 g/mol. The van der Waals surface area contributed by atoms with Gasteiger partial charge in [-0.3, -0.25) is 0 Å². The minimum Gasteiger partial charge on any atom is -0.396 e. The standard InChI is InChI=1S/C17H18O2/c18-10-8-12-4-3-7-16-14(9-11-19)13-5-1-2-6-15(13)17(12)16/h1-7,14,18-19H,8-11H2. The van der Waals surface area contributed by atoms with E-state index in [0.29, 0.717) is 6.42 Å². The highest BCUT2D eigenvalue weighted by Gasteiger charge is 2.29. The highest BCUT2D eigenvalue weighted by Crippen LogP contribution is 2.47. The van der Waals surface area contributed by atoms with Gasteiger partial charge in [-0.15, -0.1) is 0 Å². The fourth-order valence-electron chi connectivity index (χ4n) is 3.20. The number of fused-ring (bicyclic) bond motifs is 3. The Hall–Kier alpha value is -1.64. The van der Waals surface area contributed by atoms with Crippen LogP contribution in [0.1, 0.15) is 29.0 Å². The molecule has 0 saturated carbocycles. The fraction of sp³-hybridized carbons (Fsp3) is 0.294. The van der Waals surface area contributed by atoms with E-state index in [1.165, 1.54) is 27.8 Å². The van der Waals surface area contributed by atoms with E-state index in [0.717, 1.165) is 6.42 Å². The number of hydrogen-bond acceptors (Lipinski definition) is 2. The molecule has 98 valence electrons. The summed E-state index contributed by atoms with van der Waals surface area (Å²) in [5, 5.41) is 18.5. The van der Waals surface area contributed by atoms with Crippen LogP contribution >= 0.6 is 0 Å². The molecule has 1 aliphatic rings. The van der Waals surface area contributed by atoms with Gasteiger partial charge in [0.05, 0.1) is 0 Å². The first-order valence-corrected chi connectivity index (χ1v) is 6.79. The van der Waals surface area contributed by atoms with Crippen molar-refractivity contribution in [3.63, 3.8) is 0 Å². The summed E-state index contributed by atoms with van der Waals surface area (Å²) in [7, 11) is 0. The van der Waals surface area contributed by atoms with Crippen LogP contribution in [0.25, 0.3) is 11.1 Å². The van der Waals surface area contributed by atoms with Crippen molar-refractivity contribution in [1.82, 2.24) is 0 Å². The molecule has 0 saturated heterocycles. The van der Waals surface area contributed by atoms with E-state index in [1.807, 2.05) is 0 Å². The molecule has 2 aromatic carbocycles. The molecule has 0 radical (unpaired) electrons. The average molecular weight is 254 g/mol. The van der Waals surface area contributed by atoms with Gasteiger partial charge in [-0.25, -0.2) is 0 Å². The molecule has 2 N–H and O–H groups in total. The molecule has 0 aromatic heterocycles. The van der Waals surface area contributed by atoms with Gasteiger partial charge in [0.1, 0.15) is 0 Å². The molecule has 2 aromatic rings. The number of aliphatic hydroxyl groups excluding tert-OH is 2. The molecule has 2 heteroatoms. The maximum Gasteiger partial charge on any atom is 0.0471 e. The van der Waals surface area contributed by atoms with Crippen LogP contribution in [0.4, 0.5) is 0 Å². The highest BCUT2D eigenvalue weighted by atomic mass is 16.3. The van der Waals surface area contributed by atoms with Gasteiger partial charge in [-0.2, -0.15) is 0 Å². The largest absolute Gasteiger partial charge is 0.396 e. The summed E-state index contributed by atoms with van der Waals surface area (Å²) in [5.41, 5.74) is 6.33. The third-order valence-corrected chi connectivity index (χ3v) is 3.96. The molecule has 1 unspecified atom stereocenters. The summed E-state index contributed by atoms with van der Waals surface area (Å²) < 4.78 is 0. The molecular formula is C17H18O2. The van der Waals surface area contributed by atoms with E-state index in [1.54, 1.807) is 0 Å². The summed E-state index contributed by atoms with van der Waals surface area (Å²) in [5.74, 6) is 0.287. The average Bonchev–Trinajstić information content (AvgIpc) is 2.76. The van der Waals surface area contributed by atoms with E-state index in [9.17, 15) is 10.2 Å². The Bertz CT molecular complexity index is 590. The van der Waals surface area contributed by atoms with Gasteiger partial charge in [-0.1, -0.05) is 42.5 Å². The number of hydrogen-bond donors (Lipinski definition) is 2. The molecule has 0 spiro atoms. The van der Waals surface area contributed by atoms with Gasteiger partial charge in [0, 0.05) is 19.1 Å². The topological polar surface area (TPSA) is 40.5 Å². The zero-order valence-corrected chi connectivity index (χ0v) is 10.8. The molecule has 0 aliphatic heterocycles. The summed E-state index contributed by atoms with van der Waals surface area (Å²) in [4.78, 5) is 0. The monoisotopic (exact) mass is 254 g/mol. The summed E-state index contributed by atoms with van der Waals surface area (Å²) in [6.45, 7) is 0.367. The Kier molecular flexibility index (Phi) is 3.36. The lowest BCUT2D eigenvalue weighted by Gasteiger charge is -2.12. The van der Waals surface area contributed by atoms with Gasteiger partial charge < -0.3 is 10.2 Å². The summed E-state index contributed by atoms with van der Waals surface area (Å²) >= 11 is 0.